The molecule has 1 atom stereocenters. The van der Waals surface area contributed by atoms with Crippen LogP contribution in [-0.4, -0.2) is 16.2 Å². The van der Waals surface area contributed by atoms with Gasteiger partial charge in [0.15, 0.2) is 0 Å². The zero-order valence-corrected chi connectivity index (χ0v) is 11.6. The Labute approximate surface area is 113 Å². The maximum absolute atomic E-state index is 11.4. The van der Waals surface area contributed by atoms with Gasteiger partial charge in [0.1, 0.15) is 6.10 Å². The smallest absolute Gasteiger partial charge is 0.306 e. The SMILES string of the molecule is CCCC(=O)O[C@H](CBr)c1ccc([N+](=O)[O-])cc1. The number of ether oxygens (including phenoxy) is 1. The van der Waals surface area contributed by atoms with Crippen LogP contribution in [0.1, 0.15) is 31.4 Å². The van der Waals surface area contributed by atoms with Gasteiger partial charge in [0, 0.05) is 23.9 Å². The number of nitro benzene ring substituents is 1. The zero-order valence-electron chi connectivity index (χ0n) is 9.97. The average molecular weight is 316 g/mol. The molecular weight excluding hydrogens is 302 g/mol. The predicted octanol–water partition coefficient (Wildman–Crippen LogP) is 3.37. The number of rotatable bonds is 6. The van der Waals surface area contributed by atoms with E-state index in [0.717, 1.165) is 12.0 Å². The Kier molecular flexibility index (Phi) is 5.77. The Morgan fingerprint density at radius 2 is 2.06 bits per heavy atom. The monoisotopic (exact) mass is 315 g/mol. The van der Waals surface area contributed by atoms with Crippen LogP contribution in [0.25, 0.3) is 0 Å². The Balaban J connectivity index is 2.76. The molecule has 98 valence electrons. The highest BCUT2D eigenvalue weighted by atomic mass is 79.9. The second-order valence-electron chi connectivity index (χ2n) is 3.73. The quantitative estimate of drug-likeness (QED) is 0.349. The zero-order chi connectivity index (χ0) is 13.5. The lowest BCUT2D eigenvalue weighted by atomic mass is 10.1. The van der Waals surface area contributed by atoms with Gasteiger partial charge in [-0.15, -0.1) is 0 Å². The van der Waals surface area contributed by atoms with Crippen LogP contribution in [0.3, 0.4) is 0 Å². The molecule has 0 aliphatic rings. The number of non-ortho nitro benzene ring substituents is 1. The molecule has 0 bridgehead atoms. The predicted molar refractivity (Wildman–Crippen MR) is 70.6 cm³/mol. The van der Waals surface area contributed by atoms with Gasteiger partial charge >= 0.3 is 5.97 Å². The lowest BCUT2D eigenvalue weighted by Crippen LogP contribution is -2.12. The summed E-state index contributed by atoms with van der Waals surface area (Å²) in [5.74, 6) is -0.264. The van der Waals surface area contributed by atoms with E-state index in [-0.39, 0.29) is 11.7 Å². The van der Waals surface area contributed by atoms with Crippen LogP contribution < -0.4 is 0 Å². The molecule has 0 fully saturated rings. The summed E-state index contributed by atoms with van der Waals surface area (Å²) in [6.07, 6.45) is 0.690. The fourth-order valence-corrected chi connectivity index (χ4v) is 1.93. The van der Waals surface area contributed by atoms with Gasteiger partial charge < -0.3 is 4.74 Å². The largest absolute Gasteiger partial charge is 0.457 e. The summed E-state index contributed by atoms with van der Waals surface area (Å²) < 4.78 is 5.27. The molecule has 0 unspecified atom stereocenters. The minimum atomic E-state index is -0.462. The van der Waals surface area contributed by atoms with E-state index < -0.39 is 11.0 Å². The van der Waals surface area contributed by atoms with Gasteiger partial charge in [-0.05, 0) is 24.1 Å². The van der Waals surface area contributed by atoms with Crippen LogP contribution >= 0.6 is 15.9 Å². The Morgan fingerprint density at radius 1 is 1.44 bits per heavy atom. The molecule has 1 aromatic carbocycles. The summed E-state index contributed by atoms with van der Waals surface area (Å²) in [6, 6.07) is 6.00. The highest BCUT2D eigenvalue weighted by molar-refractivity contribution is 9.09. The van der Waals surface area contributed by atoms with Crippen LogP contribution in [-0.2, 0) is 9.53 Å². The average Bonchev–Trinajstić information content (AvgIpc) is 2.36. The van der Waals surface area contributed by atoms with E-state index in [1.54, 1.807) is 12.1 Å². The van der Waals surface area contributed by atoms with E-state index in [1.165, 1.54) is 12.1 Å². The van der Waals surface area contributed by atoms with Gasteiger partial charge in [0.05, 0.1) is 4.92 Å². The highest BCUT2D eigenvalue weighted by Crippen LogP contribution is 2.23. The fourth-order valence-electron chi connectivity index (χ4n) is 1.42. The third kappa shape index (κ3) is 4.10. The maximum atomic E-state index is 11.4. The summed E-state index contributed by atoms with van der Waals surface area (Å²) in [5.41, 5.74) is 0.758. The molecule has 1 rings (SSSR count). The first-order valence-corrected chi connectivity index (χ1v) is 6.70. The van der Waals surface area contributed by atoms with Crippen LogP contribution in [0.4, 0.5) is 5.69 Å². The number of hydrogen-bond donors (Lipinski definition) is 0. The molecule has 5 nitrogen and oxygen atoms in total. The van der Waals surface area contributed by atoms with Gasteiger partial charge in [-0.3, -0.25) is 14.9 Å². The van der Waals surface area contributed by atoms with Gasteiger partial charge in [-0.1, -0.05) is 22.9 Å². The first-order chi connectivity index (χ1) is 8.58. The minimum Gasteiger partial charge on any atom is -0.457 e. The number of alkyl halides is 1. The van der Waals surface area contributed by atoms with E-state index >= 15 is 0 Å². The molecule has 0 aliphatic heterocycles. The molecular formula is C12H14BrNO4. The summed E-state index contributed by atoms with van der Waals surface area (Å²) in [6.45, 7) is 1.90. The van der Waals surface area contributed by atoms with Crippen LogP contribution in [0.15, 0.2) is 24.3 Å². The second-order valence-corrected chi connectivity index (χ2v) is 4.38. The molecule has 1 aromatic rings. The second kappa shape index (κ2) is 7.10. The molecule has 0 amide bonds. The van der Waals surface area contributed by atoms with E-state index in [2.05, 4.69) is 15.9 Å². The first kappa shape index (κ1) is 14.6. The van der Waals surface area contributed by atoms with Crippen molar-refractivity contribution >= 4 is 27.6 Å². The lowest BCUT2D eigenvalue weighted by molar-refractivity contribution is -0.384. The standard InChI is InChI=1S/C12H14BrNO4/c1-2-3-12(15)18-11(8-13)9-4-6-10(7-5-9)14(16)17/h4-7,11H,2-3,8H2,1H3/t11-/m1/s1. The molecule has 0 aliphatic carbocycles. The Hall–Kier alpha value is -1.43. The molecule has 0 N–H and O–H groups in total. The Bertz CT molecular complexity index is 419. The lowest BCUT2D eigenvalue weighted by Gasteiger charge is -2.15. The molecule has 0 saturated heterocycles. The van der Waals surface area contributed by atoms with Gasteiger partial charge in [-0.25, -0.2) is 0 Å². The summed E-state index contributed by atoms with van der Waals surface area (Å²) in [4.78, 5) is 21.5. The fraction of sp³-hybridized carbons (Fsp3) is 0.417. The molecule has 18 heavy (non-hydrogen) atoms. The van der Waals surface area contributed by atoms with Crippen molar-refractivity contribution in [3.05, 3.63) is 39.9 Å². The van der Waals surface area contributed by atoms with Crippen molar-refractivity contribution in [2.75, 3.05) is 5.33 Å². The number of carbonyl (C=O) groups is 1. The summed E-state index contributed by atoms with van der Waals surface area (Å²) in [7, 11) is 0. The van der Waals surface area contributed by atoms with Crippen molar-refractivity contribution in [3.63, 3.8) is 0 Å². The van der Waals surface area contributed by atoms with Gasteiger partial charge in [0.2, 0.25) is 0 Å². The molecule has 0 radical (unpaired) electrons. The van der Waals surface area contributed by atoms with Crippen molar-refractivity contribution in [1.29, 1.82) is 0 Å². The molecule has 6 heteroatoms. The van der Waals surface area contributed by atoms with E-state index in [9.17, 15) is 14.9 Å². The normalized spacial score (nSPS) is 11.9. The third-order valence-corrected chi connectivity index (χ3v) is 2.93. The van der Waals surface area contributed by atoms with Crippen molar-refractivity contribution in [2.24, 2.45) is 0 Å². The molecule has 0 saturated carbocycles. The van der Waals surface area contributed by atoms with E-state index in [0.29, 0.717) is 11.8 Å². The molecule has 0 aromatic heterocycles. The van der Waals surface area contributed by atoms with Crippen molar-refractivity contribution in [3.8, 4) is 0 Å². The van der Waals surface area contributed by atoms with E-state index in [1.807, 2.05) is 6.92 Å². The summed E-state index contributed by atoms with van der Waals surface area (Å²) in [5, 5.41) is 11.0. The highest BCUT2D eigenvalue weighted by Gasteiger charge is 2.16. The number of halogens is 1. The molecule has 0 heterocycles. The van der Waals surface area contributed by atoms with Gasteiger partial charge in [0.25, 0.3) is 5.69 Å². The number of esters is 1. The topological polar surface area (TPSA) is 69.4 Å². The maximum Gasteiger partial charge on any atom is 0.306 e. The van der Waals surface area contributed by atoms with E-state index in [4.69, 9.17) is 4.74 Å². The van der Waals surface area contributed by atoms with Crippen LogP contribution in [0.2, 0.25) is 0 Å². The number of nitrogens with zero attached hydrogens (tertiary/aromatic N) is 1. The Morgan fingerprint density at radius 3 is 2.50 bits per heavy atom. The number of hydrogen-bond acceptors (Lipinski definition) is 4. The minimum absolute atomic E-state index is 0.0203. The number of carbonyl (C=O) groups excluding carboxylic acids is 1. The van der Waals surface area contributed by atoms with Crippen LogP contribution in [0.5, 0.6) is 0 Å². The van der Waals surface area contributed by atoms with Gasteiger partial charge in [-0.2, -0.15) is 0 Å². The van der Waals surface area contributed by atoms with Crippen molar-refractivity contribution in [1.82, 2.24) is 0 Å². The first-order valence-electron chi connectivity index (χ1n) is 5.58. The van der Waals surface area contributed by atoms with Crippen molar-refractivity contribution < 1.29 is 14.5 Å². The number of nitro groups is 1. The van der Waals surface area contributed by atoms with Crippen molar-refractivity contribution in [2.45, 2.75) is 25.9 Å². The number of benzene rings is 1. The summed E-state index contributed by atoms with van der Waals surface area (Å²) >= 11 is 3.27. The molecule has 0 spiro atoms. The third-order valence-electron chi connectivity index (χ3n) is 2.34. The van der Waals surface area contributed by atoms with Crippen LogP contribution in [0, 0.1) is 10.1 Å².